The number of allylic oxidation sites excluding steroid dienone is 1. The van der Waals surface area contributed by atoms with Gasteiger partial charge in [-0.2, -0.15) is 0 Å². The zero-order valence-electron chi connectivity index (χ0n) is 16.5. The van der Waals surface area contributed by atoms with Crippen molar-refractivity contribution in [3.63, 3.8) is 0 Å². The van der Waals surface area contributed by atoms with Crippen LogP contribution in [-0.4, -0.2) is 55.7 Å². The van der Waals surface area contributed by atoms with E-state index in [4.69, 9.17) is 4.74 Å². The zero-order chi connectivity index (χ0) is 18.4. The average Bonchev–Trinajstić information content (AvgIpc) is 2.69. The maximum atomic E-state index is 5.61. The molecule has 2 saturated heterocycles. The van der Waals surface area contributed by atoms with Gasteiger partial charge in [-0.25, -0.2) is 0 Å². The molecule has 0 amide bonds. The van der Waals surface area contributed by atoms with Gasteiger partial charge in [0.2, 0.25) is 0 Å². The van der Waals surface area contributed by atoms with Crippen molar-refractivity contribution in [3.05, 3.63) is 59.2 Å². The lowest BCUT2D eigenvalue weighted by Crippen LogP contribution is -2.47. The second kappa shape index (κ2) is 9.50. The molecule has 2 aliphatic heterocycles. The van der Waals surface area contributed by atoms with Crippen LogP contribution >= 0.6 is 0 Å². The first-order valence-electron chi connectivity index (χ1n) is 10.1. The highest BCUT2D eigenvalue weighted by molar-refractivity contribution is 5.34. The Morgan fingerprint density at radius 3 is 2.58 bits per heavy atom. The fraction of sp³-hybridized carbons (Fsp3) is 0.565. The van der Waals surface area contributed by atoms with Crippen LogP contribution in [0.3, 0.4) is 0 Å². The molecule has 1 aromatic carbocycles. The molecule has 3 heteroatoms. The minimum atomic E-state index is 0.516. The molecule has 0 aliphatic carbocycles. The number of hydrogen-bond donors (Lipinski definition) is 0. The van der Waals surface area contributed by atoms with Crippen molar-refractivity contribution >= 4 is 0 Å². The smallest absolute Gasteiger partial charge is 0.0718 e. The van der Waals surface area contributed by atoms with Crippen LogP contribution in [0.2, 0.25) is 0 Å². The molecular formula is C23H34N2O. The third kappa shape index (κ3) is 5.06. The molecule has 3 rings (SSSR count). The van der Waals surface area contributed by atoms with Gasteiger partial charge in [-0.3, -0.25) is 4.90 Å². The number of ether oxygens (including phenoxy) is 1. The highest BCUT2D eigenvalue weighted by Gasteiger charge is 2.21. The third-order valence-electron chi connectivity index (χ3n) is 6.00. The predicted octanol–water partition coefficient (Wildman–Crippen LogP) is 4.44. The summed E-state index contributed by atoms with van der Waals surface area (Å²) in [5.74, 6) is 0. The molecule has 2 aliphatic rings. The summed E-state index contributed by atoms with van der Waals surface area (Å²) in [5, 5.41) is 0. The van der Waals surface area contributed by atoms with Crippen LogP contribution < -0.4 is 0 Å². The topological polar surface area (TPSA) is 15.7 Å². The summed E-state index contributed by atoms with van der Waals surface area (Å²) in [6.07, 6.45) is 3.39. The van der Waals surface area contributed by atoms with Gasteiger partial charge in [-0.05, 0) is 56.4 Å². The molecule has 26 heavy (non-hydrogen) atoms. The molecule has 0 saturated carbocycles. The van der Waals surface area contributed by atoms with E-state index >= 15 is 0 Å². The maximum Gasteiger partial charge on any atom is 0.0718 e. The van der Waals surface area contributed by atoms with Gasteiger partial charge < -0.3 is 9.64 Å². The summed E-state index contributed by atoms with van der Waals surface area (Å²) in [7, 11) is 0. The van der Waals surface area contributed by atoms with E-state index in [0.29, 0.717) is 6.04 Å². The average molecular weight is 355 g/mol. The van der Waals surface area contributed by atoms with Gasteiger partial charge in [0, 0.05) is 32.2 Å². The number of piperazine rings is 1. The number of rotatable bonds is 6. The van der Waals surface area contributed by atoms with Crippen molar-refractivity contribution in [3.8, 4) is 0 Å². The van der Waals surface area contributed by atoms with Crippen LogP contribution in [0.1, 0.15) is 44.7 Å². The highest BCUT2D eigenvalue weighted by atomic mass is 16.5. The maximum absolute atomic E-state index is 5.61. The van der Waals surface area contributed by atoms with Crippen molar-refractivity contribution in [2.24, 2.45) is 0 Å². The summed E-state index contributed by atoms with van der Waals surface area (Å²) < 4.78 is 5.61. The molecule has 2 fully saturated rings. The minimum Gasteiger partial charge on any atom is -0.376 e. The molecule has 1 atom stereocenters. The van der Waals surface area contributed by atoms with E-state index in [1.54, 1.807) is 0 Å². The van der Waals surface area contributed by atoms with E-state index in [-0.39, 0.29) is 0 Å². The fourth-order valence-corrected chi connectivity index (χ4v) is 4.08. The molecule has 0 radical (unpaired) electrons. The highest BCUT2D eigenvalue weighted by Crippen LogP contribution is 2.24. The Balaban J connectivity index is 1.40. The van der Waals surface area contributed by atoms with Crippen LogP contribution in [0, 0.1) is 0 Å². The van der Waals surface area contributed by atoms with Gasteiger partial charge in [0.05, 0.1) is 13.2 Å². The van der Waals surface area contributed by atoms with Gasteiger partial charge in [0.25, 0.3) is 0 Å². The second-order valence-corrected chi connectivity index (χ2v) is 7.73. The lowest BCUT2D eigenvalue weighted by molar-refractivity contribution is 0.101. The molecule has 0 spiro atoms. The number of hydrogen-bond acceptors (Lipinski definition) is 3. The molecule has 1 unspecified atom stereocenters. The van der Waals surface area contributed by atoms with E-state index in [1.807, 2.05) is 0 Å². The van der Waals surface area contributed by atoms with Crippen LogP contribution in [0.25, 0.3) is 0 Å². The Morgan fingerprint density at radius 1 is 1.15 bits per heavy atom. The van der Waals surface area contributed by atoms with Crippen LogP contribution in [-0.2, 0) is 4.74 Å². The molecule has 2 heterocycles. The molecule has 0 bridgehead atoms. The quantitative estimate of drug-likeness (QED) is 0.751. The van der Waals surface area contributed by atoms with E-state index < -0.39 is 0 Å². The van der Waals surface area contributed by atoms with Crippen molar-refractivity contribution in [1.29, 1.82) is 0 Å². The van der Waals surface area contributed by atoms with Gasteiger partial charge in [-0.1, -0.05) is 42.5 Å². The first kappa shape index (κ1) is 19.3. The summed E-state index contributed by atoms with van der Waals surface area (Å²) in [6.45, 7) is 16.3. The molecule has 1 aromatic rings. The molecule has 0 N–H and O–H groups in total. The van der Waals surface area contributed by atoms with Gasteiger partial charge >= 0.3 is 0 Å². The first-order valence-corrected chi connectivity index (χ1v) is 10.1. The van der Waals surface area contributed by atoms with Crippen molar-refractivity contribution < 1.29 is 4.74 Å². The summed E-state index contributed by atoms with van der Waals surface area (Å²) in [6, 6.07) is 11.4. The summed E-state index contributed by atoms with van der Waals surface area (Å²) >= 11 is 0. The van der Waals surface area contributed by atoms with E-state index in [2.05, 4.69) is 60.6 Å². The zero-order valence-corrected chi connectivity index (χ0v) is 16.5. The standard InChI is InChI=1S/C23H34N2O/c1-19(23-18-26-17-11-20(23)2)8-7-12-24-13-15-25(16-14-24)21(3)22-9-5-4-6-10-22/h4-6,9-10,21H,2,7-8,11-18H2,1,3H3/b23-19+. The van der Waals surface area contributed by atoms with Crippen LogP contribution in [0.4, 0.5) is 0 Å². The van der Waals surface area contributed by atoms with Crippen LogP contribution in [0.15, 0.2) is 53.6 Å². The third-order valence-corrected chi connectivity index (χ3v) is 6.00. The Morgan fingerprint density at radius 2 is 1.88 bits per heavy atom. The van der Waals surface area contributed by atoms with E-state index in [9.17, 15) is 0 Å². The normalized spacial score (nSPS) is 23.1. The van der Waals surface area contributed by atoms with E-state index in [1.165, 1.54) is 67.8 Å². The first-order chi connectivity index (χ1) is 12.6. The van der Waals surface area contributed by atoms with Crippen molar-refractivity contribution in [2.75, 3.05) is 45.9 Å². The monoisotopic (exact) mass is 354 g/mol. The van der Waals surface area contributed by atoms with Crippen molar-refractivity contribution in [2.45, 2.75) is 39.2 Å². The largest absolute Gasteiger partial charge is 0.376 e. The number of nitrogens with zero attached hydrogens (tertiary/aromatic N) is 2. The second-order valence-electron chi connectivity index (χ2n) is 7.73. The molecule has 3 nitrogen and oxygen atoms in total. The van der Waals surface area contributed by atoms with Crippen molar-refractivity contribution in [1.82, 2.24) is 9.80 Å². The molecular weight excluding hydrogens is 320 g/mol. The minimum absolute atomic E-state index is 0.516. The predicted molar refractivity (Wildman–Crippen MR) is 109 cm³/mol. The lowest BCUT2D eigenvalue weighted by atomic mass is 9.96. The van der Waals surface area contributed by atoms with Crippen LogP contribution in [0.5, 0.6) is 0 Å². The summed E-state index contributed by atoms with van der Waals surface area (Å²) in [4.78, 5) is 5.24. The number of benzene rings is 1. The Kier molecular flexibility index (Phi) is 7.07. The van der Waals surface area contributed by atoms with Gasteiger partial charge in [-0.15, -0.1) is 0 Å². The Labute approximate surface area is 159 Å². The lowest BCUT2D eigenvalue weighted by Gasteiger charge is -2.38. The Hall–Kier alpha value is -1.42. The molecule has 0 aromatic heterocycles. The SMILES string of the molecule is C=C1CCOC/C1=C(/C)CCCN1CCN(C(C)c2ccccc2)CC1. The van der Waals surface area contributed by atoms with Gasteiger partial charge in [0.1, 0.15) is 0 Å². The van der Waals surface area contributed by atoms with Gasteiger partial charge in [0.15, 0.2) is 0 Å². The molecule has 142 valence electrons. The fourth-order valence-electron chi connectivity index (χ4n) is 4.08. The Bertz CT molecular complexity index is 614. The summed E-state index contributed by atoms with van der Waals surface area (Å²) in [5.41, 5.74) is 5.57. The van der Waals surface area contributed by atoms with E-state index in [0.717, 1.165) is 19.6 Å².